The number of nitrogens with one attached hydrogen (secondary N) is 1. The fourth-order valence-electron chi connectivity index (χ4n) is 3.93. The van der Waals surface area contributed by atoms with Crippen molar-refractivity contribution in [3.8, 4) is 0 Å². The number of nitrogens with zero attached hydrogens (tertiary/aromatic N) is 2. The van der Waals surface area contributed by atoms with Crippen molar-refractivity contribution in [3.63, 3.8) is 0 Å². The minimum atomic E-state index is -3.60. The molecule has 0 bridgehead atoms. The maximum absolute atomic E-state index is 12.6. The molecule has 1 fully saturated rings. The third kappa shape index (κ3) is 6.55. The van der Waals surface area contributed by atoms with E-state index in [1.807, 2.05) is 38.1 Å². The summed E-state index contributed by atoms with van der Waals surface area (Å²) in [5, 5.41) is 2.86. The first kappa shape index (κ1) is 23.3. The Balaban J connectivity index is 1.61. The molecule has 1 amide bonds. The van der Waals surface area contributed by atoms with Gasteiger partial charge >= 0.3 is 0 Å². The Bertz CT molecular complexity index is 981. The van der Waals surface area contributed by atoms with E-state index in [9.17, 15) is 13.2 Å². The summed E-state index contributed by atoms with van der Waals surface area (Å²) < 4.78 is 26.1. The highest BCUT2D eigenvalue weighted by atomic mass is 32.2. The van der Waals surface area contributed by atoms with E-state index in [0.29, 0.717) is 12.2 Å². The van der Waals surface area contributed by atoms with Gasteiger partial charge in [-0.15, -0.1) is 0 Å². The van der Waals surface area contributed by atoms with E-state index in [-0.39, 0.29) is 18.4 Å². The van der Waals surface area contributed by atoms with Gasteiger partial charge in [-0.3, -0.25) is 14.0 Å². The molecule has 0 spiro atoms. The van der Waals surface area contributed by atoms with E-state index < -0.39 is 10.0 Å². The van der Waals surface area contributed by atoms with Crippen molar-refractivity contribution in [2.75, 3.05) is 30.2 Å². The molecule has 7 heteroatoms. The van der Waals surface area contributed by atoms with Crippen molar-refractivity contribution in [1.82, 2.24) is 10.2 Å². The average molecular weight is 444 g/mol. The number of likely N-dealkylation sites (tertiary alicyclic amines) is 1. The van der Waals surface area contributed by atoms with Gasteiger partial charge in [-0.05, 0) is 54.6 Å². The molecule has 3 rings (SSSR count). The van der Waals surface area contributed by atoms with Crippen molar-refractivity contribution in [1.29, 1.82) is 0 Å². The lowest BCUT2D eigenvalue weighted by Gasteiger charge is -2.25. The molecule has 0 atom stereocenters. The molecule has 1 N–H and O–H groups in total. The summed E-state index contributed by atoms with van der Waals surface area (Å²) in [6, 6.07) is 15.6. The molecule has 0 radical (unpaired) electrons. The molecular formula is C24H33N3O3S. The van der Waals surface area contributed by atoms with Crippen LogP contribution in [0.1, 0.15) is 49.3 Å². The molecule has 1 saturated heterocycles. The van der Waals surface area contributed by atoms with E-state index in [0.717, 1.165) is 37.0 Å². The second-order valence-electron chi connectivity index (χ2n) is 8.56. The van der Waals surface area contributed by atoms with Crippen LogP contribution in [0.25, 0.3) is 0 Å². The van der Waals surface area contributed by atoms with Gasteiger partial charge in [0.05, 0.1) is 11.9 Å². The Morgan fingerprint density at radius 1 is 1.03 bits per heavy atom. The summed E-state index contributed by atoms with van der Waals surface area (Å²) in [4.78, 5) is 15.1. The Morgan fingerprint density at radius 2 is 1.65 bits per heavy atom. The second-order valence-corrected chi connectivity index (χ2v) is 10.5. The van der Waals surface area contributed by atoms with Crippen molar-refractivity contribution in [3.05, 3.63) is 65.2 Å². The zero-order chi connectivity index (χ0) is 22.4. The highest BCUT2D eigenvalue weighted by Gasteiger charge is 2.23. The van der Waals surface area contributed by atoms with Crippen LogP contribution < -0.4 is 9.62 Å². The molecule has 1 aliphatic rings. The lowest BCUT2D eigenvalue weighted by Crippen LogP contribution is -2.40. The zero-order valence-electron chi connectivity index (χ0n) is 18.7. The molecule has 6 nitrogen and oxygen atoms in total. The van der Waals surface area contributed by atoms with Crippen LogP contribution >= 0.6 is 0 Å². The van der Waals surface area contributed by atoms with Gasteiger partial charge in [0, 0.05) is 13.1 Å². The number of hydrogen-bond donors (Lipinski definition) is 1. The van der Waals surface area contributed by atoms with Crippen LogP contribution in [0.5, 0.6) is 0 Å². The molecule has 168 valence electrons. The molecule has 0 aliphatic carbocycles. The predicted octanol–water partition coefficient (Wildman–Crippen LogP) is 3.49. The first-order valence-electron chi connectivity index (χ1n) is 10.9. The van der Waals surface area contributed by atoms with E-state index in [2.05, 4.69) is 22.3 Å². The first-order chi connectivity index (χ1) is 14.7. The van der Waals surface area contributed by atoms with Gasteiger partial charge < -0.3 is 5.32 Å². The Kier molecular flexibility index (Phi) is 7.73. The molecule has 1 heterocycles. The number of benzene rings is 2. The first-order valence-corrected chi connectivity index (χ1v) is 12.7. The summed E-state index contributed by atoms with van der Waals surface area (Å²) in [7, 11) is -3.60. The minimum Gasteiger partial charge on any atom is -0.350 e. The number of carbonyl (C=O) groups excluding carboxylic acids is 1. The highest BCUT2D eigenvalue weighted by molar-refractivity contribution is 7.92. The van der Waals surface area contributed by atoms with Crippen molar-refractivity contribution < 1.29 is 13.2 Å². The van der Waals surface area contributed by atoms with Gasteiger partial charge in [0.25, 0.3) is 0 Å². The summed E-state index contributed by atoms with van der Waals surface area (Å²) in [6.45, 7) is 7.43. The minimum absolute atomic E-state index is 0.141. The van der Waals surface area contributed by atoms with Gasteiger partial charge in [0.1, 0.15) is 6.54 Å². The summed E-state index contributed by atoms with van der Waals surface area (Å²) in [5.41, 5.74) is 3.72. The summed E-state index contributed by atoms with van der Waals surface area (Å²) in [6.07, 6.45) is 3.68. The maximum atomic E-state index is 12.6. The smallest absolute Gasteiger partial charge is 0.241 e. The van der Waals surface area contributed by atoms with Crippen LogP contribution in [0.3, 0.4) is 0 Å². The molecular weight excluding hydrogens is 410 g/mol. The second kappa shape index (κ2) is 10.3. The normalized spacial score (nSPS) is 14.7. The van der Waals surface area contributed by atoms with E-state index in [4.69, 9.17) is 0 Å². The Morgan fingerprint density at radius 3 is 2.26 bits per heavy atom. The number of para-hydroxylation sites is 1. The third-order valence-corrected chi connectivity index (χ3v) is 6.76. The fraction of sp³-hybridized carbons (Fsp3) is 0.458. The largest absolute Gasteiger partial charge is 0.350 e. The topological polar surface area (TPSA) is 69.7 Å². The van der Waals surface area contributed by atoms with Crippen LogP contribution in [0.15, 0.2) is 48.5 Å². The molecule has 2 aromatic rings. The third-order valence-electron chi connectivity index (χ3n) is 5.63. The number of amides is 1. The number of carbonyl (C=O) groups is 1. The standard InChI is InChI=1S/C24H33N3O3S/c1-19(2)22-8-4-5-9-23(22)27(31(3,29)30)18-24(28)25-16-20-10-12-21(13-11-20)17-26-14-6-7-15-26/h4-5,8-13,19H,6-7,14-18H2,1-3H3,(H,25,28). The van der Waals surface area contributed by atoms with Crippen molar-refractivity contribution in [2.45, 2.75) is 45.7 Å². The van der Waals surface area contributed by atoms with Crippen LogP contribution in [-0.2, 0) is 27.9 Å². The van der Waals surface area contributed by atoms with Crippen LogP contribution in [0, 0.1) is 0 Å². The lowest BCUT2D eigenvalue weighted by atomic mass is 10.0. The van der Waals surface area contributed by atoms with Gasteiger partial charge in [0.2, 0.25) is 15.9 Å². The van der Waals surface area contributed by atoms with Crippen LogP contribution in [-0.4, -0.2) is 45.1 Å². The van der Waals surface area contributed by atoms with Crippen molar-refractivity contribution >= 4 is 21.6 Å². The molecule has 1 aliphatic heterocycles. The molecule has 0 saturated carbocycles. The number of anilines is 1. The van der Waals surface area contributed by atoms with Crippen LogP contribution in [0.4, 0.5) is 5.69 Å². The SMILES string of the molecule is CC(C)c1ccccc1N(CC(=O)NCc1ccc(CN2CCCC2)cc1)S(C)(=O)=O. The average Bonchev–Trinajstić information content (AvgIpc) is 3.23. The number of rotatable bonds is 9. The highest BCUT2D eigenvalue weighted by Crippen LogP contribution is 2.28. The van der Waals surface area contributed by atoms with E-state index in [1.54, 1.807) is 12.1 Å². The van der Waals surface area contributed by atoms with Crippen LogP contribution in [0.2, 0.25) is 0 Å². The number of sulfonamides is 1. The number of hydrogen-bond acceptors (Lipinski definition) is 4. The predicted molar refractivity (Wildman–Crippen MR) is 126 cm³/mol. The molecule has 0 aromatic heterocycles. The lowest BCUT2D eigenvalue weighted by molar-refractivity contribution is -0.119. The maximum Gasteiger partial charge on any atom is 0.241 e. The fourth-order valence-corrected chi connectivity index (χ4v) is 4.81. The van der Waals surface area contributed by atoms with Gasteiger partial charge in [0.15, 0.2) is 0 Å². The molecule has 31 heavy (non-hydrogen) atoms. The zero-order valence-corrected chi connectivity index (χ0v) is 19.5. The van der Waals surface area contributed by atoms with E-state index >= 15 is 0 Å². The molecule has 2 aromatic carbocycles. The van der Waals surface area contributed by atoms with Gasteiger partial charge in [-0.2, -0.15) is 0 Å². The Hall–Kier alpha value is -2.38. The van der Waals surface area contributed by atoms with Crippen molar-refractivity contribution in [2.24, 2.45) is 0 Å². The summed E-state index contributed by atoms with van der Waals surface area (Å²) in [5.74, 6) is -0.187. The van der Waals surface area contributed by atoms with Gasteiger partial charge in [-0.25, -0.2) is 8.42 Å². The molecule has 0 unspecified atom stereocenters. The quantitative estimate of drug-likeness (QED) is 0.644. The van der Waals surface area contributed by atoms with Gasteiger partial charge in [-0.1, -0.05) is 56.3 Å². The van der Waals surface area contributed by atoms with E-state index in [1.165, 1.54) is 22.7 Å². The monoisotopic (exact) mass is 443 g/mol. The summed E-state index contributed by atoms with van der Waals surface area (Å²) >= 11 is 0. The Labute approximate surface area is 186 Å².